The molecule has 0 saturated carbocycles. The van der Waals surface area contributed by atoms with Crippen molar-refractivity contribution in [2.24, 2.45) is 7.05 Å². The van der Waals surface area contributed by atoms with E-state index in [2.05, 4.69) is 45.9 Å². The Labute approximate surface area is 277 Å². The number of nitrogens with zero attached hydrogens (tertiary/aromatic N) is 7. The number of anilines is 4. The van der Waals surface area contributed by atoms with Crippen molar-refractivity contribution in [1.29, 1.82) is 0 Å². The van der Waals surface area contributed by atoms with Gasteiger partial charge >= 0.3 is 0 Å². The quantitative estimate of drug-likeness (QED) is 0.148. The number of aromatic nitrogens is 7. The minimum absolute atomic E-state index is 0.0683. The van der Waals surface area contributed by atoms with Crippen LogP contribution in [0.1, 0.15) is 23.2 Å². The number of nitrogens with one attached hydrogen (secondary N) is 4. The molecule has 13 heteroatoms. The summed E-state index contributed by atoms with van der Waals surface area (Å²) >= 11 is 0. The van der Waals surface area contributed by atoms with Crippen molar-refractivity contribution in [3.8, 4) is 17.1 Å². The molecule has 0 radical (unpaired) electrons. The third kappa shape index (κ3) is 6.95. The Morgan fingerprint density at radius 1 is 1.04 bits per heavy atom. The highest BCUT2D eigenvalue weighted by Crippen LogP contribution is 2.33. The number of hydrogen-bond donors (Lipinski definition) is 4. The Bertz CT molecular complexity index is 2040. The first-order chi connectivity index (χ1) is 23.4. The Hall–Kier alpha value is -5.82. The molecule has 1 aliphatic heterocycles. The third-order valence-electron chi connectivity index (χ3n) is 8.38. The minimum atomic E-state index is -0.0934. The minimum Gasteiger partial charge on any atom is -0.473 e. The number of benzene rings is 2. The van der Waals surface area contributed by atoms with Crippen molar-refractivity contribution in [1.82, 2.24) is 39.6 Å². The largest absolute Gasteiger partial charge is 0.473 e. The van der Waals surface area contributed by atoms with Crippen LogP contribution in [0.25, 0.3) is 22.2 Å². The van der Waals surface area contributed by atoms with Crippen LogP contribution in [0.2, 0.25) is 0 Å². The number of fused-ring (bicyclic) bond motifs is 1. The van der Waals surface area contributed by atoms with E-state index in [9.17, 15) is 4.79 Å². The maximum atomic E-state index is 13.2. The van der Waals surface area contributed by atoms with Gasteiger partial charge in [0.25, 0.3) is 0 Å². The second kappa shape index (κ2) is 13.5. The van der Waals surface area contributed by atoms with Crippen LogP contribution in [0.4, 0.5) is 23.4 Å². The molecule has 5 heterocycles. The number of amides is 1. The van der Waals surface area contributed by atoms with Crippen molar-refractivity contribution in [2.45, 2.75) is 32.9 Å². The van der Waals surface area contributed by atoms with E-state index < -0.39 is 0 Å². The normalized spacial score (nSPS) is 14.7. The zero-order chi connectivity index (χ0) is 33.0. The van der Waals surface area contributed by atoms with Gasteiger partial charge < -0.3 is 25.7 Å². The molecule has 4 aromatic heterocycles. The van der Waals surface area contributed by atoms with Crippen LogP contribution in [0.3, 0.4) is 0 Å². The van der Waals surface area contributed by atoms with Crippen molar-refractivity contribution < 1.29 is 9.53 Å². The van der Waals surface area contributed by atoms with Gasteiger partial charge in [0.1, 0.15) is 6.10 Å². The highest BCUT2D eigenvalue weighted by atomic mass is 16.5. The average molecular weight is 644 g/mol. The molecule has 0 aliphatic carbocycles. The molecule has 6 aromatic rings. The fourth-order valence-corrected chi connectivity index (χ4v) is 5.84. The fraction of sp³-hybridized carbons (Fsp3) is 0.257. The standard InChI is InChI=1S/C35H37N11O2/c1-22-17-38-35(41-29-16-23(2)45(3)44-29)43-32(22)27-19-37-33-26(27)10-7-11-28(33)40-30(47)21-46-15-13-25(20-46)48-31-12-14-36-34(42-31)39-18-24-8-5-4-6-9-24/h4-12,14,16-17,19,25,37H,13,15,18,20-21H2,1-3H3,(H,40,47)(H,36,39,42)(H,38,41,43,44). The number of rotatable bonds is 11. The maximum Gasteiger partial charge on any atom is 0.238 e. The topological polar surface area (TPSA) is 151 Å². The summed E-state index contributed by atoms with van der Waals surface area (Å²) in [6, 6.07) is 19.6. The van der Waals surface area contributed by atoms with E-state index in [-0.39, 0.29) is 18.6 Å². The Kier molecular flexibility index (Phi) is 8.67. The van der Waals surface area contributed by atoms with Gasteiger partial charge in [0.05, 0.1) is 23.4 Å². The van der Waals surface area contributed by atoms with Gasteiger partial charge in [0, 0.05) is 74.0 Å². The summed E-state index contributed by atoms with van der Waals surface area (Å²) in [4.78, 5) is 36.8. The first-order valence-electron chi connectivity index (χ1n) is 15.9. The van der Waals surface area contributed by atoms with E-state index in [1.165, 1.54) is 0 Å². The second-order valence-electron chi connectivity index (χ2n) is 11.9. The maximum absolute atomic E-state index is 13.2. The molecule has 1 atom stereocenters. The van der Waals surface area contributed by atoms with E-state index in [0.29, 0.717) is 42.4 Å². The van der Waals surface area contributed by atoms with Crippen LogP contribution < -0.4 is 20.7 Å². The molecule has 1 unspecified atom stereocenters. The Morgan fingerprint density at radius 3 is 2.75 bits per heavy atom. The lowest BCUT2D eigenvalue weighted by Gasteiger charge is -2.17. The molecule has 1 amide bonds. The summed E-state index contributed by atoms with van der Waals surface area (Å²) in [5.41, 5.74) is 6.35. The van der Waals surface area contributed by atoms with Gasteiger partial charge in [0.2, 0.25) is 23.7 Å². The molecule has 1 saturated heterocycles. The van der Waals surface area contributed by atoms with Gasteiger partial charge in [0.15, 0.2) is 5.82 Å². The number of likely N-dealkylation sites (tertiary alicyclic amines) is 1. The van der Waals surface area contributed by atoms with Crippen LogP contribution in [0, 0.1) is 13.8 Å². The summed E-state index contributed by atoms with van der Waals surface area (Å²) < 4.78 is 7.96. The predicted molar refractivity (Wildman–Crippen MR) is 185 cm³/mol. The number of aryl methyl sites for hydroxylation is 3. The zero-order valence-corrected chi connectivity index (χ0v) is 27.1. The van der Waals surface area contributed by atoms with Crippen LogP contribution in [0.5, 0.6) is 5.88 Å². The van der Waals surface area contributed by atoms with Crippen molar-refractivity contribution in [2.75, 3.05) is 35.6 Å². The number of carbonyl (C=O) groups excluding carboxylic acids is 1. The lowest BCUT2D eigenvalue weighted by atomic mass is 10.1. The van der Waals surface area contributed by atoms with Gasteiger partial charge in [-0.1, -0.05) is 42.5 Å². The zero-order valence-electron chi connectivity index (χ0n) is 27.1. The van der Waals surface area contributed by atoms with Crippen molar-refractivity contribution in [3.63, 3.8) is 0 Å². The van der Waals surface area contributed by atoms with Crippen LogP contribution in [0.15, 0.2) is 79.3 Å². The molecule has 244 valence electrons. The lowest BCUT2D eigenvalue weighted by Crippen LogP contribution is -2.33. The van der Waals surface area contributed by atoms with Gasteiger partial charge in [-0.3, -0.25) is 14.4 Å². The second-order valence-corrected chi connectivity index (χ2v) is 11.9. The van der Waals surface area contributed by atoms with Gasteiger partial charge in [-0.2, -0.15) is 10.1 Å². The van der Waals surface area contributed by atoms with Crippen molar-refractivity contribution in [3.05, 3.63) is 96.1 Å². The predicted octanol–water partition coefficient (Wildman–Crippen LogP) is 5.21. The SMILES string of the molecule is Cc1cnc(Nc2cc(C)n(C)n2)nc1-c1c[nH]c2c(NC(=O)CN3CCC(Oc4ccnc(NCc5ccccc5)n4)C3)cccc12. The lowest BCUT2D eigenvalue weighted by molar-refractivity contribution is -0.117. The molecule has 2 aromatic carbocycles. The van der Waals surface area contributed by atoms with Crippen LogP contribution in [-0.2, 0) is 18.4 Å². The van der Waals surface area contributed by atoms with E-state index in [4.69, 9.17) is 9.72 Å². The van der Waals surface area contributed by atoms with Gasteiger partial charge in [-0.15, -0.1) is 0 Å². The van der Waals surface area contributed by atoms with Gasteiger partial charge in [-0.05, 0) is 37.5 Å². The summed E-state index contributed by atoms with van der Waals surface area (Å²) in [6.07, 6.45) is 6.14. The molecule has 7 rings (SSSR count). The van der Waals surface area contributed by atoms with Crippen LogP contribution >= 0.6 is 0 Å². The average Bonchev–Trinajstić information content (AvgIpc) is 3.80. The third-order valence-corrected chi connectivity index (χ3v) is 8.38. The molecule has 1 aliphatic rings. The Morgan fingerprint density at radius 2 is 1.92 bits per heavy atom. The van der Waals surface area contributed by atoms with E-state index in [1.807, 2.05) is 81.7 Å². The van der Waals surface area contributed by atoms with Crippen molar-refractivity contribution >= 4 is 40.2 Å². The molecule has 1 fully saturated rings. The number of hydrogen-bond acceptors (Lipinski definition) is 10. The molecule has 0 spiro atoms. The first kappa shape index (κ1) is 30.8. The number of ether oxygens (including phenoxy) is 1. The van der Waals surface area contributed by atoms with Crippen LogP contribution in [-0.4, -0.2) is 71.2 Å². The molecule has 48 heavy (non-hydrogen) atoms. The summed E-state index contributed by atoms with van der Waals surface area (Å²) in [7, 11) is 1.89. The monoisotopic (exact) mass is 643 g/mol. The van der Waals surface area contributed by atoms with Gasteiger partial charge in [-0.25, -0.2) is 15.0 Å². The molecule has 13 nitrogen and oxygen atoms in total. The summed E-state index contributed by atoms with van der Waals surface area (Å²) in [5.74, 6) is 2.07. The number of carbonyl (C=O) groups is 1. The fourth-order valence-electron chi connectivity index (χ4n) is 5.84. The first-order valence-corrected chi connectivity index (χ1v) is 15.9. The molecule has 4 N–H and O–H groups in total. The molecule has 0 bridgehead atoms. The number of aromatic amines is 1. The summed E-state index contributed by atoms with van der Waals surface area (Å²) in [5, 5.41) is 14.9. The molecular weight excluding hydrogens is 606 g/mol. The smallest absolute Gasteiger partial charge is 0.238 e. The number of H-pyrrole nitrogens is 1. The highest BCUT2D eigenvalue weighted by Gasteiger charge is 2.26. The Balaban J connectivity index is 0.967. The van der Waals surface area contributed by atoms with E-state index in [0.717, 1.165) is 51.9 Å². The summed E-state index contributed by atoms with van der Waals surface area (Å²) in [6.45, 7) is 6.22. The highest BCUT2D eigenvalue weighted by molar-refractivity contribution is 6.06. The van der Waals surface area contributed by atoms with E-state index in [1.54, 1.807) is 23.1 Å². The number of para-hydroxylation sites is 1. The van der Waals surface area contributed by atoms with E-state index >= 15 is 0 Å². The molecular formula is C35H37N11O2.